The zero-order chi connectivity index (χ0) is 32.5. The number of aromatic nitrogens is 4. The Balaban J connectivity index is 1.27. The summed E-state index contributed by atoms with van der Waals surface area (Å²) in [6.07, 6.45) is 5.03. The Hall–Kier alpha value is -4.92. The molecule has 1 atom stereocenters. The summed E-state index contributed by atoms with van der Waals surface area (Å²) in [7, 11) is 0. The molecule has 2 aliphatic rings. The van der Waals surface area contributed by atoms with Crippen LogP contribution in [0.4, 0.5) is 17.5 Å². The number of carbonyl (C=O) groups is 4. The maximum atomic E-state index is 13.4. The van der Waals surface area contributed by atoms with E-state index in [4.69, 9.17) is 5.11 Å². The van der Waals surface area contributed by atoms with Crippen molar-refractivity contribution in [2.45, 2.75) is 64.0 Å². The number of carboxylic acids is 2. The number of ketones is 1. The molecule has 0 radical (unpaired) electrons. The second-order valence-electron chi connectivity index (χ2n) is 11.6. The fourth-order valence-corrected chi connectivity index (χ4v) is 6.11. The molecule has 4 N–H and O–H groups in total. The Morgan fingerprint density at radius 3 is 2.27 bits per heavy atom. The number of nitrogens with one attached hydrogen (secondary N) is 1. The zero-order valence-electron chi connectivity index (χ0n) is 25.0. The number of hydrogen-bond donors (Lipinski definition) is 4. The molecule has 1 aliphatic carbocycles. The number of aryl methyl sites for hydroxylation is 1. The quantitative estimate of drug-likeness (QED) is 0.239. The number of nitrogens with zero attached hydrogens (tertiary/aromatic N) is 6. The van der Waals surface area contributed by atoms with Crippen molar-refractivity contribution < 1.29 is 34.5 Å². The van der Waals surface area contributed by atoms with Crippen molar-refractivity contribution in [3.8, 4) is 0 Å². The molecule has 45 heavy (non-hydrogen) atoms. The van der Waals surface area contributed by atoms with E-state index in [1.165, 1.54) is 11.8 Å². The van der Waals surface area contributed by atoms with Crippen LogP contribution in [-0.2, 0) is 14.4 Å². The topological polar surface area (TPSA) is 208 Å². The van der Waals surface area contributed by atoms with Gasteiger partial charge in [0.25, 0.3) is 5.56 Å². The number of aliphatic carboxylic acids is 2. The number of carbonyl (C=O) groups excluding carboxylic acids is 2. The highest BCUT2D eigenvalue weighted by Crippen LogP contribution is 2.32. The van der Waals surface area contributed by atoms with Gasteiger partial charge in [-0.3, -0.25) is 23.7 Å². The smallest absolute Gasteiger partial charge is 0.336 e. The van der Waals surface area contributed by atoms with Crippen LogP contribution in [0.15, 0.2) is 29.3 Å². The molecule has 238 valence electrons. The van der Waals surface area contributed by atoms with Gasteiger partial charge in [0.1, 0.15) is 11.5 Å². The fraction of sp³-hybridized carbons (Fsp3) is 0.467. The number of rotatable bonds is 10. The lowest BCUT2D eigenvalue weighted by Crippen LogP contribution is -2.52. The normalized spacial score (nSPS) is 16.9. The lowest BCUT2D eigenvalue weighted by Gasteiger charge is -2.37. The number of piperazine rings is 1. The summed E-state index contributed by atoms with van der Waals surface area (Å²) in [4.78, 5) is 77.8. The minimum absolute atomic E-state index is 0.0392. The van der Waals surface area contributed by atoms with E-state index in [2.05, 4.69) is 20.3 Å². The van der Waals surface area contributed by atoms with Gasteiger partial charge in [0.15, 0.2) is 11.4 Å². The van der Waals surface area contributed by atoms with Crippen molar-refractivity contribution >= 4 is 52.1 Å². The molecule has 3 aromatic rings. The Morgan fingerprint density at radius 2 is 1.69 bits per heavy atom. The molecule has 1 amide bonds. The molecule has 0 bridgehead atoms. The first-order chi connectivity index (χ1) is 21.4. The van der Waals surface area contributed by atoms with Crippen molar-refractivity contribution in [2.24, 2.45) is 0 Å². The summed E-state index contributed by atoms with van der Waals surface area (Å²) < 4.78 is 1.65. The van der Waals surface area contributed by atoms with Gasteiger partial charge in [-0.05, 0) is 44.4 Å². The molecule has 0 spiro atoms. The molecule has 15 nitrogen and oxygen atoms in total. The largest absolute Gasteiger partial charge is 0.481 e. The number of hydrogen-bond acceptors (Lipinski definition) is 11. The zero-order valence-corrected chi connectivity index (χ0v) is 25.0. The van der Waals surface area contributed by atoms with Crippen molar-refractivity contribution in [1.29, 1.82) is 0 Å². The van der Waals surface area contributed by atoms with Gasteiger partial charge in [-0.1, -0.05) is 12.8 Å². The molecular formula is C30H35N7O8. The number of aliphatic hydroxyl groups is 1. The summed E-state index contributed by atoms with van der Waals surface area (Å²) in [5.74, 6) is -3.49. The average molecular weight is 622 g/mol. The van der Waals surface area contributed by atoms with Crippen molar-refractivity contribution in [2.75, 3.05) is 36.4 Å². The van der Waals surface area contributed by atoms with Crippen molar-refractivity contribution in [3.05, 3.63) is 46.0 Å². The van der Waals surface area contributed by atoms with E-state index in [9.17, 15) is 34.2 Å². The van der Waals surface area contributed by atoms with E-state index >= 15 is 0 Å². The highest BCUT2D eigenvalue weighted by Gasteiger charge is 2.42. The number of carboxylic acid groups (broad SMARTS) is 2. The molecule has 1 unspecified atom stereocenters. The molecule has 0 aromatic carbocycles. The van der Waals surface area contributed by atoms with E-state index in [0.29, 0.717) is 35.5 Å². The number of Topliss-reactive ketones (excluding diaryl/α,β-unsaturated/α-hetero) is 1. The lowest BCUT2D eigenvalue weighted by atomic mass is 9.95. The van der Waals surface area contributed by atoms with Crippen LogP contribution in [0.25, 0.3) is 11.0 Å². The second kappa shape index (κ2) is 12.6. The van der Waals surface area contributed by atoms with E-state index in [0.717, 1.165) is 31.4 Å². The maximum absolute atomic E-state index is 13.4. The van der Waals surface area contributed by atoms with E-state index in [1.54, 1.807) is 30.0 Å². The molecule has 4 heterocycles. The summed E-state index contributed by atoms with van der Waals surface area (Å²) in [5, 5.41) is 32.1. The molecule has 5 rings (SSSR count). The predicted octanol–water partition coefficient (Wildman–Crippen LogP) is 1.89. The van der Waals surface area contributed by atoms with Crippen LogP contribution in [0.5, 0.6) is 0 Å². The van der Waals surface area contributed by atoms with Gasteiger partial charge in [0.2, 0.25) is 11.9 Å². The monoisotopic (exact) mass is 621 g/mol. The first-order valence-electron chi connectivity index (χ1n) is 14.7. The van der Waals surface area contributed by atoms with Crippen LogP contribution in [0, 0.1) is 6.92 Å². The third-order valence-corrected chi connectivity index (χ3v) is 8.52. The van der Waals surface area contributed by atoms with Crippen LogP contribution < -0.4 is 15.8 Å². The van der Waals surface area contributed by atoms with Gasteiger partial charge in [0, 0.05) is 43.8 Å². The molecule has 1 saturated heterocycles. The minimum atomic E-state index is -2.67. The van der Waals surface area contributed by atoms with Crippen LogP contribution in [0.2, 0.25) is 0 Å². The minimum Gasteiger partial charge on any atom is -0.481 e. The number of anilines is 3. The third kappa shape index (κ3) is 6.48. The SMILES string of the molecule is CC(=O)c1c(C)c2cnc(Nc3ccc(N4CCN(C(=O)CC(O)(CC(=O)O)C(=O)O)CC4)cn3)nc2n(C2CCCC2)c1=O. The van der Waals surface area contributed by atoms with Crippen LogP contribution in [0.1, 0.15) is 67.4 Å². The molecular weight excluding hydrogens is 586 g/mol. The molecule has 2 fully saturated rings. The van der Waals surface area contributed by atoms with Gasteiger partial charge in [-0.15, -0.1) is 0 Å². The summed E-state index contributed by atoms with van der Waals surface area (Å²) in [5.41, 5.74) is -1.02. The van der Waals surface area contributed by atoms with Crippen LogP contribution in [0.3, 0.4) is 0 Å². The highest BCUT2D eigenvalue weighted by molar-refractivity contribution is 5.99. The van der Waals surface area contributed by atoms with E-state index < -0.39 is 36.3 Å². The predicted molar refractivity (Wildman–Crippen MR) is 162 cm³/mol. The highest BCUT2D eigenvalue weighted by atomic mass is 16.4. The Morgan fingerprint density at radius 1 is 1.00 bits per heavy atom. The summed E-state index contributed by atoms with van der Waals surface area (Å²) in [6.45, 7) is 4.46. The fourth-order valence-electron chi connectivity index (χ4n) is 6.11. The Kier molecular flexibility index (Phi) is 8.82. The van der Waals surface area contributed by atoms with Crippen molar-refractivity contribution in [3.63, 3.8) is 0 Å². The summed E-state index contributed by atoms with van der Waals surface area (Å²) in [6, 6.07) is 3.54. The van der Waals surface area contributed by atoms with Crippen LogP contribution >= 0.6 is 0 Å². The molecule has 1 aliphatic heterocycles. The number of amides is 1. The van der Waals surface area contributed by atoms with Gasteiger partial charge in [-0.2, -0.15) is 4.98 Å². The number of fused-ring (bicyclic) bond motifs is 1. The first kappa shape index (κ1) is 31.5. The van der Waals surface area contributed by atoms with Crippen molar-refractivity contribution in [1.82, 2.24) is 24.4 Å². The lowest BCUT2D eigenvalue weighted by molar-refractivity contribution is -0.169. The standard InChI is InChI=1S/C30H35N7O8/c1-17-21-16-32-29(34-26(21)37(19-5-3-4-6-19)27(42)25(17)18(2)38)33-22-8-7-20(15-31-22)35-9-11-36(12-10-35)23(39)13-30(45,28(43)44)14-24(40)41/h7-8,15-16,19,45H,3-6,9-14H2,1-2H3,(H,40,41)(H,43,44)(H,31,32,33,34). The van der Waals surface area contributed by atoms with E-state index in [-0.39, 0.29) is 42.0 Å². The second-order valence-corrected chi connectivity index (χ2v) is 11.6. The number of pyridine rings is 2. The molecule has 1 saturated carbocycles. The Bertz CT molecular complexity index is 1710. The van der Waals surface area contributed by atoms with Gasteiger partial charge in [0.05, 0.1) is 30.3 Å². The first-order valence-corrected chi connectivity index (χ1v) is 14.7. The van der Waals surface area contributed by atoms with Gasteiger partial charge >= 0.3 is 11.9 Å². The average Bonchev–Trinajstić information content (AvgIpc) is 3.51. The van der Waals surface area contributed by atoms with Gasteiger partial charge < -0.3 is 30.4 Å². The van der Waals surface area contributed by atoms with E-state index in [1.807, 2.05) is 11.0 Å². The molecule has 3 aromatic heterocycles. The third-order valence-electron chi connectivity index (χ3n) is 8.52. The maximum Gasteiger partial charge on any atom is 0.336 e. The summed E-state index contributed by atoms with van der Waals surface area (Å²) >= 11 is 0. The molecule has 15 heteroatoms. The van der Waals surface area contributed by atoms with Gasteiger partial charge in [-0.25, -0.2) is 14.8 Å². The Labute approximate surface area is 257 Å². The van der Waals surface area contributed by atoms with Crippen LogP contribution in [-0.4, -0.2) is 95.1 Å².